The summed E-state index contributed by atoms with van der Waals surface area (Å²) in [7, 11) is 0. The van der Waals surface area contributed by atoms with Gasteiger partial charge in [0.1, 0.15) is 0 Å². The van der Waals surface area contributed by atoms with E-state index in [1.807, 2.05) is 39.0 Å². The van der Waals surface area contributed by atoms with Gasteiger partial charge in [0, 0.05) is 24.2 Å². The van der Waals surface area contributed by atoms with Gasteiger partial charge in [-0.2, -0.15) is 0 Å². The first-order valence-electron chi connectivity index (χ1n) is 8.01. The fraction of sp³-hybridized carbons (Fsp3) is 0.556. The number of Topliss-reactive ketones (excluding diaryl/α,β-unsaturated/α-hetero) is 1. The Hall–Kier alpha value is -1.84. The summed E-state index contributed by atoms with van der Waals surface area (Å²) in [6, 6.07) is 5.71. The molecule has 0 aromatic heterocycles. The van der Waals surface area contributed by atoms with E-state index in [2.05, 4.69) is 10.2 Å². The molecule has 0 bridgehead atoms. The van der Waals surface area contributed by atoms with Crippen LogP contribution in [0.3, 0.4) is 0 Å². The van der Waals surface area contributed by atoms with Gasteiger partial charge in [0.05, 0.1) is 11.3 Å². The van der Waals surface area contributed by atoms with Gasteiger partial charge in [0.15, 0.2) is 5.78 Å². The quantitative estimate of drug-likeness (QED) is 0.862. The molecule has 0 unspecified atom stereocenters. The lowest BCUT2D eigenvalue weighted by molar-refractivity contribution is -0.123. The average Bonchev–Trinajstić information content (AvgIpc) is 2.46. The maximum atomic E-state index is 12.3. The number of ketones is 1. The van der Waals surface area contributed by atoms with Crippen LogP contribution in [-0.2, 0) is 4.79 Å². The van der Waals surface area contributed by atoms with Crippen molar-refractivity contribution in [3.8, 4) is 0 Å². The molecule has 1 aliphatic rings. The molecule has 0 radical (unpaired) electrons. The van der Waals surface area contributed by atoms with Gasteiger partial charge in [-0.05, 0) is 38.3 Å². The molecule has 1 aromatic rings. The van der Waals surface area contributed by atoms with Crippen molar-refractivity contribution in [2.24, 2.45) is 5.41 Å². The second kappa shape index (κ2) is 6.51. The van der Waals surface area contributed by atoms with Gasteiger partial charge in [-0.15, -0.1) is 0 Å². The molecule has 1 aliphatic heterocycles. The van der Waals surface area contributed by atoms with E-state index in [-0.39, 0.29) is 11.7 Å². The third-order valence-corrected chi connectivity index (χ3v) is 4.02. The molecule has 0 spiro atoms. The van der Waals surface area contributed by atoms with E-state index in [4.69, 9.17) is 0 Å². The van der Waals surface area contributed by atoms with Crippen LogP contribution in [0.1, 0.15) is 57.3 Å². The average molecular weight is 302 g/mol. The first-order chi connectivity index (χ1) is 10.3. The van der Waals surface area contributed by atoms with Crippen LogP contribution in [0.25, 0.3) is 0 Å². The number of benzene rings is 1. The van der Waals surface area contributed by atoms with Crippen molar-refractivity contribution >= 4 is 23.1 Å². The number of hydrogen-bond acceptors (Lipinski definition) is 3. The number of anilines is 2. The standard InChI is InChI=1S/C18H26N2O2/c1-13(21)16-14(19-17(22)18(2,3)4)9-8-10-15(16)20-11-6-5-7-12-20/h8-10H,5-7,11-12H2,1-4H3,(H,19,22). The highest BCUT2D eigenvalue weighted by atomic mass is 16.2. The van der Waals surface area contributed by atoms with Crippen LogP contribution in [0.2, 0.25) is 0 Å². The summed E-state index contributed by atoms with van der Waals surface area (Å²) in [5.74, 6) is -0.0869. The Morgan fingerprint density at radius 1 is 1.09 bits per heavy atom. The summed E-state index contributed by atoms with van der Waals surface area (Å²) in [6.45, 7) is 9.10. The molecular weight excluding hydrogens is 276 g/mol. The Kier molecular flexibility index (Phi) is 4.89. The molecule has 120 valence electrons. The molecule has 0 saturated carbocycles. The fourth-order valence-corrected chi connectivity index (χ4v) is 2.72. The van der Waals surface area contributed by atoms with E-state index in [1.165, 1.54) is 6.42 Å². The number of piperidine rings is 1. The highest BCUT2D eigenvalue weighted by molar-refractivity contribution is 6.08. The predicted octanol–water partition coefficient (Wildman–Crippen LogP) is 3.86. The molecule has 2 rings (SSSR count). The number of nitrogens with one attached hydrogen (secondary N) is 1. The Morgan fingerprint density at radius 2 is 1.73 bits per heavy atom. The maximum Gasteiger partial charge on any atom is 0.229 e. The number of carbonyl (C=O) groups is 2. The molecule has 4 heteroatoms. The minimum Gasteiger partial charge on any atom is -0.371 e. The van der Waals surface area contributed by atoms with Crippen LogP contribution >= 0.6 is 0 Å². The zero-order chi connectivity index (χ0) is 16.3. The van der Waals surface area contributed by atoms with Crippen molar-refractivity contribution in [1.29, 1.82) is 0 Å². The molecule has 0 atom stereocenters. The van der Waals surface area contributed by atoms with Crippen LogP contribution in [0.5, 0.6) is 0 Å². The van der Waals surface area contributed by atoms with E-state index < -0.39 is 5.41 Å². The number of nitrogens with zero attached hydrogens (tertiary/aromatic N) is 1. The van der Waals surface area contributed by atoms with Crippen molar-refractivity contribution in [1.82, 2.24) is 0 Å². The summed E-state index contributed by atoms with van der Waals surface area (Å²) >= 11 is 0. The minimum absolute atomic E-state index is 0.00890. The van der Waals surface area contributed by atoms with Crippen LogP contribution in [-0.4, -0.2) is 24.8 Å². The Balaban J connectivity index is 2.38. The van der Waals surface area contributed by atoms with Crippen LogP contribution in [0.15, 0.2) is 18.2 Å². The highest BCUT2D eigenvalue weighted by Gasteiger charge is 2.25. The van der Waals surface area contributed by atoms with Gasteiger partial charge in [-0.1, -0.05) is 26.8 Å². The smallest absolute Gasteiger partial charge is 0.229 e. The summed E-state index contributed by atoms with van der Waals surface area (Å²) < 4.78 is 0. The van der Waals surface area contributed by atoms with E-state index >= 15 is 0 Å². The van der Waals surface area contributed by atoms with Gasteiger partial charge in [-0.25, -0.2) is 0 Å². The number of rotatable bonds is 3. The number of carbonyl (C=O) groups excluding carboxylic acids is 2. The van der Waals surface area contributed by atoms with Crippen molar-refractivity contribution in [3.63, 3.8) is 0 Å². The molecular formula is C18H26N2O2. The van der Waals surface area contributed by atoms with E-state index in [1.54, 1.807) is 6.92 Å². The first kappa shape index (κ1) is 16.5. The third-order valence-electron chi connectivity index (χ3n) is 4.02. The van der Waals surface area contributed by atoms with E-state index in [0.29, 0.717) is 11.3 Å². The summed E-state index contributed by atoms with van der Waals surface area (Å²) in [4.78, 5) is 26.7. The molecule has 1 N–H and O–H groups in total. The van der Waals surface area contributed by atoms with Crippen molar-refractivity contribution in [2.45, 2.75) is 47.0 Å². The third kappa shape index (κ3) is 3.67. The topological polar surface area (TPSA) is 49.4 Å². The summed E-state index contributed by atoms with van der Waals surface area (Å²) in [5, 5.41) is 2.92. The molecule has 1 saturated heterocycles. The monoisotopic (exact) mass is 302 g/mol. The predicted molar refractivity (Wildman–Crippen MR) is 90.6 cm³/mol. The molecule has 4 nitrogen and oxygen atoms in total. The zero-order valence-corrected chi connectivity index (χ0v) is 14.0. The molecule has 1 aromatic carbocycles. The second-order valence-electron chi connectivity index (χ2n) is 7.01. The number of amides is 1. The lowest BCUT2D eigenvalue weighted by Gasteiger charge is -2.31. The molecule has 1 fully saturated rings. The fourth-order valence-electron chi connectivity index (χ4n) is 2.72. The molecule has 1 amide bonds. The largest absolute Gasteiger partial charge is 0.371 e. The lowest BCUT2D eigenvalue weighted by Crippen LogP contribution is -2.32. The molecule has 22 heavy (non-hydrogen) atoms. The number of hydrogen-bond donors (Lipinski definition) is 1. The normalized spacial score (nSPS) is 15.5. The van der Waals surface area contributed by atoms with Gasteiger partial charge >= 0.3 is 0 Å². The van der Waals surface area contributed by atoms with E-state index in [9.17, 15) is 9.59 Å². The van der Waals surface area contributed by atoms with Gasteiger partial charge in [0.25, 0.3) is 0 Å². The SMILES string of the molecule is CC(=O)c1c(NC(=O)C(C)(C)C)cccc1N1CCCCC1. The summed E-state index contributed by atoms with van der Waals surface area (Å²) in [6.07, 6.45) is 3.54. The lowest BCUT2D eigenvalue weighted by atomic mass is 9.95. The maximum absolute atomic E-state index is 12.3. The minimum atomic E-state index is -0.491. The van der Waals surface area contributed by atoms with Crippen LogP contribution in [0, 0.1) is 5.41 Å². The van der Waals surface area contributed by atoms with Gasteiger partial charge in [-0.3, -0.25) is 9.59 Å². The van der Waals surface area contributed by atoms with Crippen molar-refractivity contribution in [3.05, 3.63) is 23.8 Å². The van der Waals surface area contributed by atoms with Crippen molar-refractivity contribution in [2.75, 3.05) is 23.3 Å². The van der Waals surface area contributed by atoms with E-state index in [0.717, 1.165) is 31.6 Å². The second-order valence-corrected chi connectivity index (χ2v) is 7.01. The summed E-state index contributed by atoms with van der Waals surface area (Å²) in [5.41, 5.74) is 1.70. The van der Waals surface area contributed by atoms with Crippen molar-refractivity contribution < 1.29 is 9.59 Å². The molecule has 1 heterocycles. The Labute approximate surface area is 132 Å². The zero-order valence-electron chi connectivity index (χ0n) is 14.0. The van der Waals surface area contributed by atoms with Crippen LogP contribution in [0.4, 0.5) is 11.4 Å². The van der Waals surface area contributed by atoms with Gasteiger partial charge < -0.3 is 10.2 Å². The van der Waals surface area contributed by atoms with Gasteiger partial charge in [0.2, 0.25) is 5.91 Å². The first-order valence-corrected chi connectivity index (χ1v) is 8.01. The Morgan fingerprint density at radius 3 is 2.27 bits per heavy atom. The molecule has 0 aliphatic carbocycles. The van der Waals surface area contributed by atoms with Crippen LogP contribution < -0.4 is 10.2 Å². The Bertz CT molecular complexity index is 567. The highest BCUT2D eigenvalue weighted by Crippen LogP contribution is 2.31.